The fourth-order valence-electron chi connectivity index (χ4n) is 6.48. The third-order valence-electron chi connectivity index (χ3n) is 8.57. The summed E-state index contributed by atoms with van der Waals surface area (Å²) in [6.45, 7) is 14.2. The smallest absolute Gasteiger partial charge is 0.147 e. The molecule has 0 spiro atoms. The van der Waals surface area contributed by atoms with Gasteiger partial charge in [-0.2, -0.15) is 0 Å². The molecule has 0 fully saturated rings. The second-order valence-electron chi connectivity index (χ2n) is 13.7. The van der Waals surface area contributed by atoms with E-state index >= 15 is 0 Å². The molecule has 0 N–H and O–H groups in total. The number of benzene rings is 4. The molecule has 2 aliphatic rings. The van der Waals surface area contributed by atoms with Crippen LogP contribution in [-0.2, 0) is 38.5 Å². The Kier molecular flexibility index (Phi) is 11.1. The Bertz CT molecular complexity index is 1770. The molecule has 228 valence electrons. The molecule has 0 nitrogen and oxygen atoms in total. The number of allylic oxidation sites excluding steroid dienone is 4. The van der Waals surface area contributed by atoms with E-state index in [9.17, 15) is 0 Å². The normalized spacial score (nSPS) is 13.4. The molecule has 0 unspecified atom stereocenters. The van der Waals surface area contributed by atoms with Gasteiger partial charge >= 0.3 is 279 Å². The van der Waals surface area contributed by atoms with Gasteiger partial charge in [0.05, 0.1) is 0 Å². The first-order chi connectivity index (χ1) is 19.9. The molecule has 4 aromatic carbocycles. The average molecular weight is 831 g/mol. The number of halogens is 4. The van der Waals surface area contributed by atoms with Crippen LogP contribution < -0.4 is 3.27 Å². The predicted octanol–water partition coefficient (Wildman–Crippen LogP) is 11.6. The fraction of sp³-hybridized carbons (Fsp3) is 0.256. The first-order valence-electron chi connectivity index (χ1n) is 14.8. The minimum absolute atomic E-state index is 0. The summed E-state index contributed by atoms with van der Waals surface area (Å²) < 4.78 is 7.15. The second kappa shape index (κ2) is 13.8. The summed E-state index contributed by atoms with van der Waals surface area (Å²) in [6.07, 6.45) is 9.17. The molecule has 0 saturated heterocycles. The van der Waals surface area contributed by atoms with E-state index in [1.165, 1.54) is 38.9 Å². The molecular weight excluding hydrogens is 790 g/mol. The Labute approximate surface area is 300 Å². The molecule has 0 aromatic heterocycles. The average Bonchev–Trinajstić information content (AvgIpc) is 3.58. The molecule has 44 heavy (non-hydrogen) atoms. The summed E-state index contributed by atoms with van der Waals surface area (Å²) in [5.41, 5.74) is 11.7. The van der Waals surface area contributed by atoms with Crippen molar-refractivity contribution in [3.63, 3.8) is 0 Å². The van der Waals surface area contributed by atoms with Gasteiger partial charge in [0.1, 0.15) is 0 Å². The molecule has 2 aliphatic carbocycles. The largest absolute Gasteiger partial charge is 0.147 e. The van der Waals surface area contributed by atoms with Crippen LogP contribution in [0.2, 0.25) is 0 Å². The number of hydrogen-bond donors (Lipinski definition) is 0. The van der Waals surface area contributed by atoms with Crippen molar-refractivity contribution in [1.29, 1.82) is 0 Å². The zero-order chi connectivity index (χ0) is 29.8. The van der Waals surface area contributed by atoms with Gasteiger partial charge in [-0.25, -0.2) is 0 Å². The molecule has 0 saturated carbocycles. The van der Waals surface area contributed by atoms with E-state index in [1.807, 2.05) is 0 Å². The summed E-state index contributed by atoms with van der Waals surface area (Å²) in [6, 6.07) is 30.2. The van der Waals surface area contributed by atoms with E-state index in [1.54, 1.807) is 15.3 Å². The molecule has 0 amide bonds. The third kappa shape index (κ3) is 6.99. The third-order valence-corrected chi connectivity index (χ3v) is 17.3. The van der Waals surface area contributed by atoms with Crippen LogP contribution in [0.25, 0.3) is 11.1 Å². The van der Waals surface area contributed by atoms with Crippen LogP contribution in [0.5, 0.6) is 0 Å². The van der Waals surface area contributed by atoms with Gasteiger partial charge in [-0.3, -0.25) is 0 Å². The van der Waals surface area contributed by atoms with E-state index in [-0.39, 0.29) is 35.6 Å². The minimum Gasteiger partial charge on any atom is -0.147 e. The van der Waals surface area contributed by atoms with Gasteiger partial charge in [0.15, 0.2) is 0 Å². The molecule has 6 rings (SSSR count). The van der Waals surface area contributed by atoms with E-state index in [2.05, 4.69) is 170 Å². The van der Waals surface area contributed by atoms with Crippen molar-refractivity contribution in [3.05, 3.63) is 143 Å². The van der Waals surface area contributed by atoms with Crippen LogP contribution >= 0.6 is 56.7 Å². The van der Waals surface area contributed by atoms with Gasteiger partial charge in [-0.15, -0.1) is 24.8 Å². The quantitative estimate of drug-likeness (QED) is 0.169. The van der Waals surface area contributed by atoms with E-state index < -0.39 is 21.3 Å². The van der Waals surface area contributed by atoms with Gasteiger partial charge in [0.2, 0.25) is 0 Å². The Hall–Kier alpha value is -1.35. The first kappa shape index (κ1) is 35.5. The topological polar surface area (TPSA) is 0 Å². The molecule has 4 aromatic rings. The van der Waals surface area contributed by atoms with Crippen molar-refractivity contribution in [3.8, 4) is 11.1 Å². The standard InChI is InChI=1S/C21H25.C13H8Br2.C5H5.2ClH.Zr/c1-20(2,3)16-7-9-18-14(12-16)11-15-13-17(21(4,5)6)8-10-19(15)18;14-12-5-1-3-10(8-12)7-11-4-2-6-13(15)9-11;1-2-4-5-3-1;;;/h7-10,12H,11H2,1-6H3;1-6,8-9H;1-3H,4H2;2*1H;. The number of hydrogen-bond acceptors (Lipinski definition) is 0. The Morgan fingerprint density at radius 3 is 1.84 bits per heavy atom. The number of fused-ring (bicyclic) bond motifs is 3. The van der Waals surface area contributed by atoms with Crippen molar-refractivity contribution in [2.24, 2.45) is 0 Å². The van der Waals surface area contributed by atoms with Crippen LogP contribution in [0.3, 0.4) is 0 Å². The summed E-state index contributed by atoms with van der Waals surface area (Å²) >= 11 is 4.84. The summed E-state index contributed by atoms with van der Waals surface area (Å²) in [5, 5.41) is 0. The number of rotatable bonds is 4. The molecule has 0 bridgehead atoms. The van der Waals surface area contributed by atoms with Gasteiger partial charge in [0.25, 0.3) is 0 Å². The SMILES string of the molecule is CC(C)(C)c1ccc2c(c1)Cc1c-2ccc(C(C)(C)C)[c]1[Zr]([C]1=CC=CC1)=[C](c1cccc(Br)c1)c1cccc(Br)c1.Cl.Cl. The van der Waals surface area contributed by atoms with E-state index in [0.717, 1.165) is 21.8 Å². The van der Waals surface area contributed by atoms with Crippen molar-refractivity contribution in [1.82, 2.24) is 0 Å². The Morgan fingerprint density at radius 1 is 0.705 bits per heavy atom. The van der Waals surface area contributed by atoms with Gasteiger partial charge < -0.3 is 0 Å². The van der Waals surface area contributed by atoms with Crippen molar-refractivity contribution in [2.75, 3.05) is 0 Å². The fourth-order valence-corrected chi connectivity index (χ4v) is 16.2. The Balaban J connectivity index is 0.00000221. The molecular formula is C39H40Br2Cl2Zr. The van der Waals surface area contributed by atoms with Gasteiger partial charge in [-0.05, 0) is 0 Å². The first-order valence-corrected chi connectivity index (χ1v) is 20.1. The summed E-state index contributed by atoms with van der Waals surface area (Å²) in [4.78, 5) is 0. The van der Waals surface area contributed by atoms with Crippen LogP contribution in [0.1, 0.15) is 81.3 Å². The maximum Gasteiger partial charge on any atom is -0.147 e. The molecule has 0 heterocycles. The monoisotopic (exact) mass is 826 g/mol. The maximum atomic E-state index is 3.82. The molecule has 0 radical (unpaired) electrons. The van der Waals surface area contributed by atoms with Crippen LogP contribution in [0.4, 0.5) is 0 Å². The Morgan fingerprint density at radius 2 is 1.32 bits per heavy atom. The van der Waals surface area contributed by atoms with Gasteiger partial charge in [0, 0.05) is 0 Å². The van der Waals surface area contributed by atoms with E-state index in [0.29, 0.717) is 0 Å². The van der Waals surface area contributed by atoms with Crippen molar-refractivity contribution in [2.45, 2.75) is 65.2 Å². The van der Waals surface area contributed by atoms with E-state index in [4.69, 9.17) is 0 Å². The minimum atomic E-state index is -2.80. The van der Waals surface area contributed by atoms with Crippen LogP contribution in [0, 0.1) is 0 Å². The molecule has 0 aliphatic heterocycles. The van der Waals surface area contributed by atoms with Gasteiger partial charge in [-0.1, -0.05) is 0 Å². The zero-order valence-corrected chi connectivity index (χ0v) is 33.5. The summed E-state index contributed by atoms with van der Waals surface area (Å²) in [7, 11) is 0. The van der Waals surface area contributed by atoms with Crippen LogP contribution in [-0.4, -0.2) is 3.21 Å². The zero-order valence-electron chi connectivity index (χ0n) is 26.2. The van der Waals surface area contributed by atoms with Crippen LogP contribution in [0.15, 0.2) is 109 Å². The van der Waals surface area contributed by atoms with Crippen molar-refractivity contribution >= 4 is 63.2 Å². The van der Waals surface area contributed by atoms with Crippen molar-refractivity contribution < 1.29 is 21.3 Å². The molecule has 0 atom stereocenters. The second-order valence-corrected chi connectivity index (χ2v) is 21.4. The molecule has 5 heteroatoms. The predicted molar refractivity (Wildman–Crippen MR) is 200 cm³/mol. The summed E-state index contributed by atoms with van der Waals surface area (Å²) in [5.74, 6) is 0. The maximum absolute atomic E-state index is 3.82.